The fourth-order valence-corrected chi connectivity index (χ4v) is 0.825. The van der Waals surface area contributed by atoms with Gasteiger partial charge in [-0.05, 0) is 11.5 Å². The van der Waals surface area contributed by atoms with E-state index in [4.69, 9.17) is 4.74 Å². The van der Waals surface area contributed by atoms with Gasteiger partial charge in [-0.1, -0.05) is 39.0 Å². The molecule has 0 saturated heterocycles. The summed E-state index contributed by atoms with van der Waals surface area (Å²) in [7, 11) is 1.70. The molecule has 1 atom stereocenters. The Morgan fingerprint density at radius 3 is 2.64 bits per heavy atom. The number of hydrogen-bond acceptors (Lipinski definition) is 1. The summed E-state index contributed by atoms with van der Waals surface area (Å²) in [6.45, 7) is 8.76. The molecule has 11 heavy (non-hydrogen) atoms. The van der Waals surface area contributed by atoms with Crippen LogP contribution in [0.15, 0.2) is 24.3 Å². The lowest BCUT2D eigenvalue weighted by Crippen LogP contribution is -1.95. The first-order chi connectivity index (χ1) is 5.24. The molecular formula is C10H18O. The van der Waals surface area contributed by atoms with Crippen molar-refractivity contribution in [2.75, 3.05) is 13.7 Å². The lowest BCUT2D eigenvalue weighted by Gasteiger charge is -2.04. The van der Waals surface area contributed by atoms with Gasteiger partial charge in [0.1, 0.15) is 0 Å². The fraction of sp³-hybridized carbons (Fsp3) is 0.600. The minimum atomic E-state index is 0.623. The second kappa shape index (κ2) is 6.17. The molecule has 0 unspecified atom stereocenters. The molecule has 0 aromatic heterocycles. The lowest BCUT2D eigenvalue weighted by molar-refractivity contribution is 0.227. The van der Waals surface area contributed by atoms with Gasteiger partial charge in [-0.3, -0.25) is 0 Å². The minimum absolute atomic E-state index is 0.623. The summed E-state index contributed by atoms with van der Waals surface area (Å²) < 4.78 is 5.00. The van der Waals surface area contributed by atoms with Gasteiger partial charge in [0.2, 0.25) is 0 Å². The topological polar surface area (TPSA) is 9.23 Å². The monoisotopic (exact) mass is 154 g/mol. The molecule has 0 aliphatic rings. The molecule has 0 aromatic rings. The summed E-state index contributed by atoms with van der Waals surface area (Å²) >= 11 is 0. The molecule has 1 nitrogen and oxygen atoms in total. The molecule has 64 valence electrons. The number of rotatable bonds is 5. The van der Waals surface area contributed by atoms with Crippen LogP contribution < -0.4 is 0 Å². The van der Waals surface area contributed by atoms with Crippen LogP contribution in [0.4, 0.5) is 0 Å². The molecular weight excluding hydrogens is 136 g/mol. The van der Waals surface area contributed by atoms with Gasteiger partial charge in [-0.15, -0.1) is 0 Å². The Balaban J connectivity index is 3.98. The van der Waals surface area contributed by atoms with Gasteiger partial charge in [-0.25, -0.2) is 0 Å². The predicted molar refractivity (Wildman–Crippen MR) is 49.6 cm³/mol. The quantitative estimate of drug-likeness (QED) is 0.553. The van der Waals surface area contributed by atoms with E-state index in [1.807, 2.05) is 6.08 Å². The van der Waals surface area contributed by atoms with E-state index in [1.54, 1.807) is 7.11 Å². The smallest absolute Gasteiger partial charge is 0.0709 e. The van der Waals surface area contributed by atoms with Crippen LogP contribution in [-0.4, -0.2) is 13.7 Å². The molecule has 0 rings (SSSR count). The number of hydrogen-bond donors (Lipinski definition) is 0. The first-order valence-corrected chi connectivity index (χ1v) is 4.06. The third kappa shape index (κ3) is 4.79. The van der Waals surface area contributed by atoms with Crippen LogP contribution in [0, 0.1) is 5.92 Å². The third-order valence-electron chi connectivity index (χ3n) is 1.72. The van der Waals surface area contributed by atoms with Crippen LogP contribution in [0.5, 0.6) is 0 Å². The Kier molecular flexibility index (Phi) is 5.86. The largest absolute Gasteiger partial charge is 0.380 e. The predicted octanol–water partition coefficient (Wildman–Crippen LogP) is 2.79. The summed E-state index contributed by atoms with van der Waals surface area (Å²) in [5.74, 6) is 0.623. The Hall–Kier alpha value is -0.560. The van der Waals surface area contributed by atoms with E-state index in [9.17, 15) is 0 Å². The molecule has 0 N–H and O–H groups in total. The normalized spacial score (nSPS) is 14.6. The standard InChI is InChI=1S/C10H18O/c1-5-9(3)7-10(6-2)8-11-4/h6-7,9H,2,5,8H2,1,3-4H3/b10-7+/t9-/m1/s1. The van der Waals surface area contributed by atoms with E-state index in [0.29, 0.717) is 12.5 Å². The second-order valence-corrected chi connectivity index (χ2v) is 2.76. The molecule has 0 saturated carbocycles. The third-order valence-corrected chi connectivity index (χ3v) is 1.72. The molecule has 0 aliphatic heterocycles. The molecule has 1 heteroatoms. The number of methoxy groups -OCH3 is 1. The SMILES string of the molecule is C=C/C(=C\[C@H](C)CC)COC. The van der Waals surface area contributed by atoms with Gasteiger partial charge < -0.3 is 4.74 Å². The average Bonchev–Trinajstić information content (AvgIpc) is 2.03. The molecule has 0 radical (unpaired) electrons. The van der Waals surface area contributed by atoms with Gasteiger partial charge in [0.25, 0.3) is 0 Å². The highest BCUT2D eigenvalue weighted by molar-refractivity contribution is 5.17. The van der Waals surface area contributed by atoms with Gasteiger partial charge in [0.15, 0.2) is 0 Å². The average molecular weight is 154 g/mol. The molecule has 0 aromatic carbocycles. The summed E-state index contributed by atoms with van der Waals surface area (Å²) in [5, 5.41) is 0. The number of allylic oxidation sites excluding steroid dienone is 1. The Morgan fingerprint density at radius 1 is 1.64 bits per heavy atom. The van der Waals surface area contributed by atoms with Crippen LogP contribution >= 0.6 is 0 Å². The van der Waals surface area contributed by atoms with Crippen LogP contribution in [0.3, 0.4) is 0 Å². The maximum Gasteiger partial charge on any atom is 0.0709 e. The molecule has 0 aliphatic carbocycles. The van der Waals surface area contributed by atoms with E-state index in [1.165, 1.54) is 12.0 Å². The van der Waals surface area contributed by atoms with Crippen LogP contribution in [-0.2, 0) is 4.74 Å². The van der Waals surface area contributed by atoms with Crippen LogP contribution in [0.2, 0.25) is 0 Å². The summed E-state index contributed by atoms with van der Waals surface area (Å²) in [6.07, 6.45) is 5.23. The number of ether oxygens (including phenoxy) is 1. The zero-order valence-electron chi connectivity index (χ0n) is 7.76. The van der Waals surface area contributed by atoms with Crippen molar-refractivity contribution in [3.63, 3.8) is 0 Å². The zero-order valence-corrected chi connectivity index (χ0v) is 7.76. The summed E-state index contributed by atoms with van der Waals surface area (Å²) in [6, 6.07) is 0. The maximum absolute atomic E-state index is 5.00. The molecule has 0 amide bonds. The van der Waals surface area contributed by atoms with Gasteiger partial charge in [0.05, 0.1) is 6.61 Å². The molecule has 0 bridgehead atoms. The first-order valence-electron chi connectivity index (χ1n) is 4.06. The van der Waals surface area contributed by atoms with Crippen LogP contribution in [0.1, 0.15) is 20.3 Å². The second-order valence-electron chi connectivity index (χ2n) is 2.76. The van der Waals surface area contributed by atoms with E-state index >= 15 is 0 Å². The highest BCUT2D eigenvalue weighted by atomic mass is 16.5. The highest BCUT2D eigenvalue weighted by Crippen LogP contribution is 2.07. The minimum Gasteiger partial charge on any atom is -0.380 e. The van der Waals surface area contributed by atoms with Crippen molar-refractivity contribution in [1.29, 1.82) is 0 Å². The van der Waals surface area contributed by atoms with E-state index in [2.05, 4.69) is 26.5 Å². The Labute approximate surface area is 69.8 Å². The Morgan fingerprint density at radius 2 is 2.27 bits per heavy atom. The molecule has 0 heterocycles. The van der Waals surface area contributed by atoms with Crippen LogP contribution in [0.25, 0.3) is 0 Å². The fourth-order valence-electron chi connectivity index (χ4n) is 0.825. The van der Waals surface area contributed by atoms with Gasteiger partial charge >= 0.3 is 0 Å². The lowest BCUT2D eigenvalue weighted by atomic mass is 10.1. The van der Waals surface area contributed by atoms with E-state index in [-0.39, 0.29) is 0 Å². The Bertz CT molecular complexity index is 136. The molecule has 0 fully saturated rings. The highest BCUT2D eigenvalue weighted by Gasteiger charge is 1.95. The van der Waals surface area contributed by atoms with Crippen molar-refractivity contribution in [3.05, 3.63) is 24.3 Å². The van der Waals surface area contributed by atoms with Gasteiger partial charge in [-0.2, -0.15) is 0 Å². The molecule has 0 spiro atoms. The first kappa shape index (κ1) is 10.4. The summed E-state index contributed by atoms with van der Waals surface area (Å²) in [5.41, 5.74) is 1.18. The zero-order chi connectivity index (χ0) is 8.69. The van der Waals surface area contributed by atoms with Crippen molar-refractivity contribution < 1.29 is 4.74 Å². The van der Waals surface area contributed by atoms with Crippen molar-refractivity contribution >= 4 is 0 Å². The van der Waals surface area contributed by atoms with E-state index in [0.717, 1.165) is 0 Å². The van der Waals surface area contributed by atoms with Crippen molar-refractivity contribution in [2.45, 2.75) is 20.3 Å². The van der Waals surface area contributed by atoms with Gasteiger partial charge in [0, 0.05) is 7.11 Å². The van der Waals surface area contributed by atoms with Crippen molar-refractivity contribution in [3.8, 4) is 0 Å². The van der Waals surface area contributed by atoms with E-state index < -0.39 is 0 Å². The maximum atomic E-state index is 5.00. The summed E-state index contributed by atoms with van der Waals surface area (Å²) in [4.78, 5) is 0. The van der Waals surface area contributed by atoms with Crippen molar-refractivity contribution in [1.82, 2.24) is 0 Å². The van der Waals surface area contributed by atoms with Crippen molar-refractivity contribution in [2.24, 2.45) is 5.92 Å².